The summed E-state index contributed by atoms with van der Waals surface area (Å²) in [7, 11) is 3.59. The highest BCUT2D eigenvalue weighted by molar-refractivity contribution is 5.96. The van der Waals surface area contributed by atoms with Crippen molar-refractivity contribution < 1.29 is 22.7 Å². The van der Waals surface area contributed by atoms with Crippen molar-refractivity contribution in [3.05, 3.63) is 35.7 Å². The highest BCUT2D eigenvalue weighted by atomic mass is 19.4. The van der Waals surface area contributed by atoms with Gasteiger partial charge < -0.3 is 19.9 Å². The summed E-state index contributed by atoms with van der Waals surface area (Å²) in [6.07, 6.45) is -1.64. The van der Waals surface area contributed by atoms with Gasteiger partial charge in [0.2, 0.25) is 11.9 Å². The van der Waals surface area contributed by atoms with Crippen molar-refractivity contribution in [2.45, 2.75) is 32.2 Å². The van der Waals surface area contributed by atoms with Gasteiger partial charge in [-0.3, -0.25) is 4.79 Å². The molecule has 2 aromatic rings. The second-order valence-corrected chi connectivity index (χ2v) is 7.02. The number of carbonyl (C=O) groups excluding carboxylic acids is 1. The van der Waals surface area contributed by atoms with E-state index >= 15 is 0 Å². The first kappa shape index (κ1) is 21.6. The summed E-state index contributed by atoms with van der Waals surface area (Å²) < 4.78 is 41.7. The van der Waals surface area contributed by atoms with Crippen LogP contribution in [-0.4, -0.2) is 54.4 Å². The molecule has 0 atom stereocenters. The molecule has 1 aromatic heterocycles. The van der Waals surface area contributed by atoms with Crippen LogP contribution in [0.3, 0.4) is 0 Å². The Morgan fingerprint density at radius 3 is 2.50 bits per heavy atom. The van der Waals surface area contributed by atoms with Crippen LogP contribution in [0, 0.1) is 0 Å². The molecule has 1 N–H and O–H groups in total. The van der Waals surface area contributed by atoms with Crippen molar-refractivity contribution in [1.29, 1.82) is 0 Å². The second kappa shape index (κ2) is 9.14. The highest BCUT2D eigenvalue weighted by Crippen LogP contribution is 2.26. The molecule has 2 heterocycles. The lowest BCUT2D eigenvalue weighted by Gasteiger charge is -2.27. The summed E-state index contributed by atoms with van der Waals surface area (Å²) >= 11 is 0. The molecule has 1 aliphatic heterocycles. The Kier molecular flexibility index (Phi) is 6.58. The van der Waals surface area contributed by atoms with Crippen LogP contribution in [0.25, 0.3) is 0 Å². The number of para-hydroxylation sites is 1. The lowest BCUT2D eigenvalue weighted by molar-refractivity contribution is -0.274. The Morgan fingerprint density at radius 1 is 1.13 bits per heavy atom. The summed E-state index contributed by atoms with van der Waals surface area (Å²) in [5, 5.41) is 2.56. The van der Waals surface area contributed by atoms with E-state index in [0.29, 0.717) is 17.7 Å². The Bertz CT molecular complexity index is 885. The number of amides is 1. The topological polar surface area (TPSA) is 83.5 Å². The lowest BCUT2D eigenvalue weighted by atomic mass is 10.1. The van der Waals surface area contributed by atoms with E-state index in [-0.39, 0.29) is 12.1 Å². The molecule has 0 spiro atoms. The van der Waals surface area contributed by atoms with E-state index in [0.717, 1.165) is 38.4 Å². The van der Waals surface area contributed by atoms with Gasteiger partial charge in [0.05, 0.1) is 12.1 Å². The Hall–Kier alpha value is -3.11. The lowest BCUT2D eigenvalue weighted by Crippen LogP contribution is -2.33. The molecule has 0 saturated carbocycles. The van der Waals surface area contributed by atoms with Crippen molar-refractivity contribution >= 4 is 17.8 Å². The zero-order valence-electron chi connectivity index (χ0n) is 16.7. The van der Waals surface area contributed by atoms with Gasteiger partial charge in [0.15, 0.2) is 5.82 Å². The molecule has 0 radical (unpaired) electrons. The van der Waals surface area contributed by atoms with Crippen molar-refractivity contribution in [3.63, 3.8) is 0 Å². The Morgan fingerprint density at radius 2 is 1.83 bits per heavy atom. The summed E-state index contributed by atoms with van der Waals surface area (Å²) in [4.78, 5) is 29.5. The van der Waals surface area contributed by atoms with Crippen LogP contribution in [-0.2, 0) is 6.54 Å². The fourth-order valence-corrected chi connectivity index (χ4v) is 3.03. The molecule has 1 saturated heterocycles. The van der Waals surface area contributed by atoms with Crippen LogP contribution >= 0.6 is 0 Å². The van der Waals surface area contributed by atoms with Crippen LogP contribution < -0.4 is 19.9 Å². The van der Waals surface area contributed by atoms with Crippen LogP contribution in [0.5, 0.6) is 5.75 Å². The zero-order chi connectivity index (χ0) is 21.7. The monoisotopic (exact) mass is 424 g/mol. The van der Waals surface area contributed by atoms with Crippen molar-refractivity contribution in [3.8, 4) is 5.75 Å². The third-order valence-corrected chi connectivity index (χ3v) is 4.46. The third kappa shape index (κ3) is 5.71. The van der Waals surface area contributed by atoms with Gasteiger partial charge in [-0.05, 0) is 31.4 Å². The number of nitrogens with one attached hydrogen (secondary N) is 1. The number of nitrogens with zero attached hydrogens (tertiary/aromatic N) is 5. The average molecular weight is 424 g/mol. The van der Waals surface area contributed by atoms with E-state index in [4.69, 9.17) is 0 Å². The standard InChI is InChI=1S/C19H23F3N6O2/c1-27(2)17-24-15(25-18(26-17)28-10-6-3-7-11-28)12-23-16(29)13-8-4-5-9-14(13)30-19(20,21)22/h4-5,8-9H,3,6-7,10-12H2,1-2H3,(H,23,29). The fraction of sp³-hybridized carbons (Fsp3) is 0.474. The molecule has 1 fully saturated rings. The van der Waals surface area contributed by atoms with Gasteiger partial charge >= 0.3 is 6.36 Å². The number of hydrogen-bond donors (Lipinski definition) is 1. The molecule has 0 unspecified atom stereocenters. The first-order chi connectivity index (χ1) is 14.2. The number of ether oxygens (including phenoxy) is 1. The molecule has 0 aliphatic carbocycles. The van der Waals surface area contributed by atoms with E-state index in [2.05, 4.69) is 29.9 Å². The van der Waals surface area contributed by atoms with Gasteiger partial charge in [-0.25, -0.2) is 0 Å². The van der Waals surface area contributed by atoms with Gasteiger partial charge in [-0.15, -0.1) is 13.2 Å². The largest absolute Gasteiger partial charge is 0.573 e. The molecule has 0 bridgehead atoms. The molecular formula is C19H23F3N6O2. The minimum Gasteiger partial charge on any atom is -0.405 e. The van der Waals surface area contributed by atoms with Gasteiger partial charge in [-0.1, -0.05) is 12.1 Å². The molecule has 162 valence electrons. The number of piperidine rings is 1. The number of carbonyl (C=O) groups is 1. The molecule has 8 nitrogen and oxygen atoms in total. The Balaban J connectivity index is 1.77. The average Bonchev–Trinajstić information content (AvgIpc) is 2.71. The fourth-order valence-electron chi connectivity index (χ4n) is 3.03. The van der Waals surface area contributed by atoms with E-state index in [9.17, 15) is 18.0 Å². The smallest absolute Gasteiger partial charge is 0.405 e. The summed E-state index contributed by atoms with van der Waals surface area (Å²) in [6, 6.07) is 5.16. The molecule has 1 amide bonds. The maximum absolute atomic E-state index is 12.6. The number of aromatic nitrogens is 3. The quantitative estimate of drug-likeness (QED) is 0.763. The highest BCUT2D eigenvalue weighted by Gasteiger charge is 2.32. The number of hydrogen-bond acceptors (Lipinski definition) is 7. The second-order valence-electron chi connectivity index (χ2n) is 7.02. The van der Waals surface area contributed by atoms with E-state index in [1.165, 1.54) is 18.2 Å². The number of halogens is 3. The maximum atomic E-state index is 12.6. The van der Waals surface area contributed by atoms with Gasteiger partial charge in [0.1, 0.15) is 5.75 Å². The van der Waals surface area contributed by atoms with Crippen LogP contribution in [0.1, 0.15) is 35.4 Å². The molecule has 3 rings (SSSR count). The Labute approximate surface area is 172 Å². The first-order valence-corrected chi connectivity index (χ1v) is 9.53. The van der Waals surface area contributed by atoms with Crippen molar-refractivity contribution in [2.75, 3.05) is 37.0 Å². The van der Waals surface area contributed by atoms with E-state index in [1.807, 2.05) is 0 Å². The normalized spacial score (nSPS) is 14.4. The number of alkyl halides is 3. The zero-order valence-corrected chi connectivity index (χ0v) is 16.7. The van der Waals surface area contributed by atoms with Gasteiger partial charge in [0, 0.05) is 27.2 Å². The van der Waals surface area contributed by atoms with Crippen molar-refractivity contribution in [2.24, 2.45) is 0 Å². The van der Waals surface area contributed by atoms with Crippen LogP contribution in [0.2, 0.25) is 0 Å². The number of rotatable bonds is 6. The molecular weight excluding hydrogens is 401 g/mol. The molecule has 30 heavy (non-hydrogen) atoms. The molecule has 1 aromatic carbocycles. The predicted octanol–water partition coefficient (Wildman–Crippen LogP) is 2.76. The van der Waals surface area contributed by atoms with E-state index < -0.39 is 18.0 Å². The van der Waals surface area contributed by atoms with Crippen LogP contribution in [0.4, 0.5) is 25.1 Å². The first-order valence-electron chi connectivity index (χ1n) is 9.53. The van der Waals surface area contributed by atoms with Crippen LogP contribution in [0.15, 0.2) is 24.3 Å². The maximum Gasteiger partial charge on any atom is 0.573 e. The summed E-state index contributed by atoms with van der Waals surface area (Å²) in [6.45, 7) is 1.61. The minimum absolute atomic E-state index is 0.0661. The number of benzene rings is 1. The number of anilines is 2. The van der Waals surface area contributed by atoms with Gasteiger partial charge in [0.25, 0.3) is 5.91 Å². The summed E-state index contributed by atoms with van der Waals surface area (Å²) in [5.41, 5.74) is -0.229. The predicted molar refractivity (Wildman–Crippen MR) is 105 cm³/mol. The summed E-state index contributed by atoms with van der Waals surface area (Å²) in [5.74, 6) is -0.00625. The van der Waals surface area contributed by atoms with Crippen molar-refractivity contribution in [1.82, 2.24) is 20.3 Å². The molecule has 11 heteroatoms. The SMILES string of the molecule is CN(C)c1nc(CNC(=O)c2ccccc2OC(F)(F)F)nc(N2CCCCC2)n1. The molecule has 1 aliphatic rings. The minimum atomic E-state index is -4.89. The van der Waals surface area contributed by atoms with Gasteiger partial charge in [-0.2, -0.15) is 15.0 Å². The third-order valence-electron chi connectivity index (χ3n) is 4.46. The van der Waals surface area contributed by atoms with E-state index in [1.54, 1.807) is 19.0 Å².